The van der Waals surface area contributed by atoms with Gasteiger partial charge in [0.2, 0.25) is 0 Å². The Bertz CT molecular complexity index is 1030. The topological polar surface area (TPSA) is 64.0 Å². The number of halogens is 2. The highest BCUT2D eigenvalue weighted by Gasteiger charge is 2.19. The molecule has 0 aliphatic carbocycles. The average Bonchev–Trinajstić information content (AvgIpc) is 2.57. The average molecular weight is 343 g/mol. The number of carbonyl (C=O) groups is 1. The van der Waals surface area contributed by atoms with Crippen LogP contribution < -0.4 is 10.9 Å². The van der Waals surface area contributed by atoms with Gasteiger partial charge in [0, 0.05) is 24.1 Å². The number of nitrogens with one attached hydrogen (secondary N) is 1. The van der Waals surface area contributed by atoms with Crippen molar-refractivity contribution in [3.63, 3.8) is 0 Å². The van der Waals surface area contributed by atoms with E-state index in [1.54, 1.807) is 31.2 Å². The van der Waals surface area contributed by atoms with Crippen molar-refractivity contribution in [3.8, 4) is 0 Å². The van der Waals surface area contributed by atoms with E-state index in [-0.39, 0.29) is 16.8 Å². The third-order valence-electron chi connectivity index (χ3n) is 3.95. The van der Waals surface area contributed by atoms with Crippen LogP contribution in [0.25, 0.3) is 10.8 Å². The van der Waals surface area contributed by atoms with Crippen LogP contribution in [0, 0.1) is 11.6 Å². The van der Waals surface area contributed by atoms with Crippen molar-refractivity contribution < 1.29 is 13.6 Å². The maximum absolute atomic E-state index is 13.9. The van der Waals surface area contributed by atoms with Crippen LogP contribution in [0.5, 0.6) is 0 Å². The number of aryl methyl sites for hydroxylation is 1. The summed E-state index contributed by atoms with van der Waals surface area (Å²) < 4.78 is 28.0. The Morgan fingerprint density at radius 1 is 1.16 bits per heavy atom. The van der Waals surface area contributed by atoms with Gasteiger partial charge in [0.25, 0.3) is 11.5 Å². The largest absolute Gasteiger partial charge is 0.344 e. The van der Waals surface area contributed by atoms with E-state index in [0.29, 0.717) is 10.8 Å². The molecule has 1 unspecified atom stereocenters. The molecule has 0 bridgehead atoms. The molecule has 0 radical (unpaired) electrons. The van der Waals surface area contributed by atoms with E-state index < -0.39 is 23.6 Å². The first-order chi connectivity index (χ1) is 11.9. The Kier molecular flexibility index (Phi) is 4.31. The predicted octanol–water partition coefficient (Wildman–Crippen LogP) is 2.70. The second kappa shape index (κ2) is 6.43. The van der Waals surface area contributed by atoms with Crippen molar-refractivity contribution in [3.05, 3.63) is 75.7 Å². The van der Waals surface area contributed by atoms with Gasteiger partial charge in [0.1, 0.15) is 11.6 Å². The van der Waals surface area contributed by atoms with E-state index in [2.05, 4.69) is 10.4 Å². The SMILES string of the molecule is CC(NC(=O)c1nn(C)c(=O)c2ccccc12)c1ccc(F)cc1F. The van der Waals surface area contributed by atoms with Crippen LogP contribution >= 0.6 is 0 Å². The van der Waals surface area contributed by atoms with Crippen LogP contribution in [0.4, 0.5) is 8.78 Å². The minimum absolute atomic E-state index is 0.0621. The number of carbonyl (C=O) groups excluding carboxylic acids is 1. The Balaban J connectivity index is 1.98. The Morgan fingerprint density at radius 3 is 2.52 bits per heavy atom. The lowest BCUT2D eigenvalue weighted by Gasteiger charge is -2.16. The molecule has 1 N–H and O–H groups in total. The summed E-state index contributed by atoms with van der Waals surface area (Å²) >= 11 is 0. The first kappa shape index (κ1) is 16.8. The van der Waals surface area contributed by atoms with E-state index in [1.807, 2.05) is 0 Å². The zero-order valence-electron chi connectivity index (χ0n) is 13.6. The maximum atomic E-state index is 13.9. The zero-order chi connectivity index (χ0) is 18.1. The van der Waals surface area contributed by atoms with Gasteiger partial charge in [-0.2, -0.15) is 5.10 Å². The molecule has 25 heavy (non-hydrogen) atoms. The van der Waals surface area contributed by atoms with Crippen LogP contribution in [0.3, 0.4) is 0 Å². The highest BCUT2D eigenvalue weighted by molar-refractivity contribution is 6.04. The fourth-order valence-electron chi connectivity index (χ4n) is 2.66. The molecule has 3 rings (SSSR count). The molecule has 0 spiro atoms. The van der Waals surface area contributed by atoms with Crippen LogP contribution in [0.1, 0.15) is 29.0 Å². The molecule has 1 heterocycles. The van der Waals surface area contributed by atoms with E-state index in [9.17, 15) is 18.4 Å². The van der Waals surface area contributed by atoms with Crippen LogP contribution in [-0.4, -0.2) is 15.7 Å². The van der Waals surface area contributed by atoms with Crippen LogP contribution in [0.2, 0.25) is 0 Å². The molecule has 0 saturated heterocycles. The molecular formula is C18H15F2N3O2. The first-order valence-corrected chi connectivity index (χ1v) is 7.60. The van der Waals surface area contributed by atoms with Gasteiger partial charge < -0.3 is 5.32 Å². The summed E-state index contributed by atoms with van der Waals surface area (Å²) in [6.45, 7) is 1.58. The molecule has 5 nitrogen and oxygen atoms in total. The van der Waals surface area contributed by atoms with E-state index >= 15 is 0 Å². The summed E-state index contributed by atoms with van der Waals surface area (Å²) in [5.74, 6) is -1.99. The van der Waals surface area contributed by atoms with Gasteiger partial charge in [-0.05, 0) is 19.1 Å². The molecule has 1 aromatic heterocycles. The monoisotopic (exact) mass is 343 g/mol. The smallest absolute Gasteiger partial charge is 0.274 e. The van der Waals surface area contributed by atoms with Gasteiger partial charge in [-0.3, -0.25) is 9.59 Å². The third kappa shape index (κ3) is 3.13. The van der Waals surface area contributed by atoms with Gasteiger partial charge in [-0.25, -0.2) is 13.5 Å². The lowest BCUT2D eigenvalue weighted by atomic mass is 10.1. The number of rotatable bonds is 3. The van der Waals surface area contributed by atoms with Crippen LogP contribution in [-0.2, 0) is 7.05 Å². The van der Waals surface area contributed by atoms with Gasteiger partial charge in [0.15, 0.2) is 5.69 Å². The summed E-state index contributed by atoms with van der Waals surface area (Å²) in [6, 6.07) is 9.10. The molecule has 0 fully saturated rings. The second-order valence-electron chi connectivity index (χ2n) is 5.68. The standard InChI is InChI=1S/C18H15F2N3O2/c1-10(12-8-7-11(19)9-15(12)20)21-17(24)16-13-5-3-4-6-14(13)18(25)23(2)22-16/h3-10H,1-2H3,(H,21,24). The van der Waals surface area contributed by atoms with E-state index in [0.717, 1.165) is 16.8 Å². The Hall–Kier alpha value is -3.09. The van der Waals surface area contributed by atoms with Gasteiger partial charge in [-0.1, -0.05) is 24.3 Å². The molecule has 0 saturated carbocycles. The minimum atomic E-state index is -0.744. The Labute approximate surface area is 141 Å². The number of benzene rings is 2. The molecule has 1 atom stereocenters. The van der Waals surface area contributed by atoms with Crippen molar-refractivity contribution in [1.29, 1.82) is 0 Å². The van der Waals surface area contributed by atoms with Crippen LogP contribution in [0.15, 0.2) is 47.3 Å². The summed E-state index contributed by atoms with van der Waals surface area (Å²) in [6.07, 6.45) is 0. The van der Waals surface area contributed by atoms with Gasteiger partial charge in [0.05, 0.1) is 11.4 Å². The molecule has 0 aliphatic heterocycles. The number of aromatic nitrogens is 2. The number of hydrogen-bond donors (Lipinski definition) is 1. The van der Waals surface area contributed by atoms with Gasteiger partial charge in [-0.15, -0.1) is 0 Å². The molecule has 1 amide bonds. The molecule has 3 aromatic rings. The number of amides is 1. The Morgan fingerprint density at radius 2 is 1.84 bits per heavy atom. The lowest BCUT2D eigenvalue weighted by molar-refractivity contribution is 0.0934. The third-order valence-corrected chi connectivity index (χ3v) is 3.95. The van der Waals surface area contributed by atoms with E-state index in [4.69, 9.17) is 0 Å². The summed E-state index contributed by atoms with van der Waals surface area (Å²) in [5.41, 5.74) is -0.0966. The molecule has 0 aliphatic rings. The molecule has 2 aromatic carbocycles. The zero-order valence-corrected chi connectivity index (χ0v) is 13.6. The predicted molar refractivity (Wildman–Crippen MR) is 89.2 cm³/mol. The quantitative estimate of drug-likeness (QED) is 0.795. The molecular weight excluding hydrogens is 328 g/mol. The van der Waals surface area contributed by atoms with Crippen molar-refractivity contribution in [2.75, 3.05) is 0 Å². The molecule has 7 heteroatoms. The summed E-state index contributed by atoms with van der Waals surface area (Å²) in [5, 5.41) is 7.43. The van der Waals surface area contributed by atoms with Crippen molar-refractivity contribution in [1.82, 2.24) is 15.1 Å². The van der Waals surface area contributed by atoms with Crippen molar-refractivity contribution in [2.24, 2.45) is 7.05 Å². The second-order valence-corrected chi connectivity index (χ2v) is 5.68. The number of fused-ring (bicyclic) bond motifs is 1. The minimum Gasteiger partial charge on any atom is -0.344 e. The highest BCUT2D eigenvalue weighted by atomic mass is 19.1. The normalized spacial score (nSPS) is 12.2. The van der Waals surface area contributed by atoms with Crippen molar-refractivity contribution >= 4 is 16.7 Å². The highest BCUT2D eigenvalue weighted by Crippen LogP contribution is 2.19. The fraction of sp³-hybridized carbons (Fsp3) is 0.167. The number of hydrogen-bond acceptors (Lipinski definition) is 3. The maximum Gasteiger partial charge on any atom is 0.274 e. The number of nitrogens with zero attached hydrogens (tertiary/aromatic N) is 2. The fourth-order valence-corrected chi connectivity index (χ4v) is 2.66. The van der Waals surface area contributed by atoms with Crippen molar-refractivity contribution in [2.45, 2.75) is 13.0 Å². The summed E-state index contributed by atoms with van der Waals surface area (Å²) in [4.78, 5) is 24.7. The van der Waals surface area contributed by atoms with E-state index in [1.165, 1.54) is 13.1 Å². The lowest BCUT2D eigenvalue weighted by Crippen LogP contribution is -2.31. The molecule has 128 valence electrons. The van der Waals surface area contributed by atoms with Gasteiger partial charge >= 0.3 is 0 Å². The summed E-state index contributed by atoms with van der Waals surface area (Å²) in [7, 11) is 1.45. The first-order valence-electron chi connectivity index (χ1n) is 7.60.